The molecule has 2 rings (SSSR count). The lowest BCUT2D eigenvalue weighted by Gasteiger charge is -2.21. The Morgan fingerprint density at radius 1 is 1.24 bits per heavy atom. The molecule has 1 fully saturated rings. The standard InChI is InChI=1S/C17H21N3O5/c1-3-14(22)25-11-13(21)19-20-15(23)17(2,18-16(20)24)10-9-12-7-5-4-6-8-12/h4-8H,3,9-11H2,1-2H3,(H,18,24)(H,19,21)/t17-/m1/s1. The Balaban J connectivity index is 1.93. The number of ether oxygens (including phenoxy) is 1. The summed E-state index contributed by atoms with van der Waals surface area (Å²) in [5.74, 6) is -1.85. The first-order valence-corrected chi connectivity index (χ1v) is 8.01. The van der Waals surface area contributed by atoms with Gasteiger partial charge in [0.05, 0.1) is 0 Å². The number of nitrogens with zero attached hydrogens (tertiary/aromatic N) is 1. The van der Waals surface area contributed by atoms with Crippen LogP contribution in [0.15, 0.2) is 30.3 Å². The van der Waals surface area contributed by atoms with E-state index in [-0.39, 0.29) is 6.42 Å². The summed E-state index contributed by atoms with van der Waals surface area (Å²) in [5.41, 5.74) is 2.10. The van der Waals surface area contributed by atoms with Gasteiger partial charge < -0.3 is 10.1 Å². The molecule has 1 aromatic rings. The van der Waals surface area contributed by atoms with Gasteiger partial charge >= 0.3 is 12.0 Å². The molecule has 8 heteroatoms. The lowest BCUT2D eigenvalue weighted by Crippen LogP contribution is -2.50. The van der Waals surface area contributed by atoms with Crippen molar-refractivity contribution in [3.8, 4) is 0 Å². The third-order valence-electron chi connectivity index (χ3n) is 3.91. The molecule has 1 heterocycles. The molecule has 1 saturated heterocycles. The van der Waals surface area contributed by atoms with Gasteiger partial charge in [0.25, 0.3) is 11.8 Å². The highest BCUT2D eigenvalue weighted by molar-refractivity contribution is 6.07. The summed E-state index contributed by atoms with van der Waals surface area (Å²) in [6.45, 7) is 2.65. The van der Waals surface area contributed by atoms with Crippen LogP contribution in [0.1, 0.15) is 32.3 Å². The van der Waals surface area contributed by atoms with Crippen LogP contribution in [-0.4, -0.2) is 41.0 Å². The Morgan fingerprint density at radius 2 is 1.92 bits per heavy atom. The summed E-state index contributed by atoms with van der Waals surface area (Å²) < 4.78 is 4.67. The van der Waals surface area contributed by atoms with E-state index in [0.29, 0.717) is 17.9 Å². The topological polar surface area (TPSA) is 105 Å². The van der Waals surface area contributed by atoms with Crippen LogP contribution in [0.25, 0.3) is 0 Å². The highest BCUT2D eigenvalue weighted by atomic mass is 16.5. The van der Waals surface area contributed by atoms with E-state index < -0.39 is 36.0 Å². The molecule has 0 bridgehead atoms. The van der Waals surface area contributed by atoms with Gasteiger partial charge in [-0.2, -0.15) is 5.01 Å². The number of benzene rings is 1. The Morgan fingerprint density at radius 3 is 2.56 bits per heavy atom. The molecular formula is C17H21N3O5. The predicted molar refractivity (Wildman–Crippen MR) is 87.9 cm³/mol. The monoisotopic (exact) mass is 347 g/mol. The first-order valence-electron chi connectivity index (χ1n) is 8.01. The molecule has 1 aromatic carbocycles. The number of hydrazine groups is 1. The van der Waals surface area contributed by atoms with Crippen molar-refractivity contribution in [3.63, 3.8) is 0 Å². The summed E-state index contributed by atoms with van der Waals surface area (Å²) >= 11 is 0. The summed E-state index contributed by atoms with van der Waals surface area (Å²) in [6, 6.07) is 8.86. The number of rotatable bonds is 7. The SMILES string of the molecule is CCC(=O)OCC(=O)NN1C(=O)N[C@](C)(CCc2ccccc2)C1=O. The van der Waals surface area contributed by atoms with E-state index in [1.807, 2.05) is 30.3 Å². The molecule has 0 radical (unpaired) electrons. The van der Waals surface area contributed by atoms with Crippen molar-refractivity contribution in [3.05, 3.63) is 35.9 Å². The molecule has 1 aliphatic heterocycles. The van der Waals surface area contributed by atoms with E-state index in [1.54, 1.807) is 13.8 Å². The average Bonchev–Trinajstić information content (AvgIpc) is 2.82. The molecule has 1 atom stereocenters. The van der Waals surface area contributed by atoms with E-state index >= 15 is 0 Å². The molecule has 1 aliphatic rings. The highest BCUT2D eigenvalue weighted by Gasteiger charge is 2.48. The predicted octanol–water partition coefficient (Wildman–Crippen LogP) is 0.914. The fraction of sp³-hybridized carbons (Fsp3) is 0.412. The molecule has 0 aromatic heterocycles. The fourth-order valence-corrected chi connectivity index (χ4v) is 2.40. The van der Waals surface area contributed by atoms with E-state index in [0.717, 1.165) is 5.56 Å². The largest absolute Gasteiger partial charge is 0.456 e. The van der Waals surface area contributed by atoms with E-state index in [2.05, 4.69) is 15.5 Å². The molecule has 0 saturated carbocycles. The van der Waals surface area contributed by atoms with Gasteiger partial charge in [-0.25, -0.2) is 4.79 Å². The van der Waals surface area contributed by atoms with Gasteiger partial charge in [-0.1, -0.05) is 37.3 Å². The third-order valence-corrected chi connectivity index (χ3v) is 3.91. The van der Waals surface area contributed by atoms with Gasteiger partial charge in [0.2, 0.25) is 0 Å². The zero-order valence-electron chi connectivity index (χ0n) is 14.2. The maximum Gasteiger partial charge on any atom is 0.344 e. The normalized spacial score (nSPS) is 19.5. The Labute approximate surface area is 145 Å². The smallest absolute Gasteiger partial charge is 0.344 e. The summed E-state index contributed by atoms with van der Waals surface area (Å²) in [7, 11) is 0. The lowest BCUT2D eigenvalue weighted by atomic mass is 9.93. The molecule has 134 valence electrons. The maximum absolute atomic E-state index is 12.5. The van der Waals surface area contributed by atoms with Crippen LogP contribution in [0.4, 0.5) is 4.79 Å². The highest BCUT2D eigenvalue weighted by Crippen LogP contribution is 2.22. The van der Waals surface area contributed by atoms with Crippen LogP contribution < -0.4 is 10.7 Å². The summed E-state index contributed by atoms with van der Waals surface area (Å²) in [6.07, 6.45) is 1.12. The molecule has 0 spiro atoms. The Bertz CT molecular complexity index is 676. The van der Waals surface area contributed by atoms with Gasteiger partial charge in [-0.05, 0) is 25.3 Å². The van der Waals surface area contributed by atoms with Crippen LogP contribution in [0, 0.1) is 0 Å². The third kappa shape index (κ3) is 4.56. The van der Waals surface area contributed by atoms with Crippen LogP contribution >= 0.6 is 0 Å². The van der Waals surface area contributed by atoms with Crippen molar-refractivity contribution < 1.29 is 23.9 Å². The van der Waals surface area contributed by atoms with Crippen molar-refractivity contribution in [2.75, 3.05) is 6.61 Å². The fourth-order valence-electron chi connectivity index (χ4n) is 2.40. The summed E-state index contributed by atoms with van der Waals surface area (Å²) in [4.78, 5) is 47.3. The molecule has 25 heavy (non-hydrogen) atoms. The van der Waals surface area contributed by atoms with Crippen molar-refractivity contribution >= 4 is 23.8 Å². The maximum atomic E-state index is 12.5. The lowest BCUT2D eigenvalue weighted by molar-refractivity contribution is -0.150. The zero-order valence-corrected chi connectivity index (χ0v) is 14.2. The second-order valence-corrected chi connectivity index (χ2v) is 5.94. The number of nitrogens with one attached hydrogen (secondary N) is 2. The molecule has 2 N–H and O–H groups in total. The molecule has 4 amide bonds. The number of amides is 4. The van der Waals surface area contributed by atoms with E-state index in [4.69, 9.17) is 0 Å². The van der Waals surface area contributed by atoms with Crippen LogP contribution in [0.2, 0.25) is 0 Å². The quantitative estimate of drug-likeness (QED) is 0.563. The van der Waals surface area contributed by atoms with Gasteiger partial charge in [-0.15, -0.1) is 0 Å². The average molecular weight is 347 g/mol. The second kappa shape index (κ2) is 7.78. The van der Waals surface area contributed by atoms with E-state index in [9.17, 15) is 19.2 Å². The van der Waals surface area contributed by atoms with Crippen molar-refractivity contribution in [1.29, 1.82) is 0 Å². The summed E-state index contributed by atoms with van der Waals surface area (Å²) in [5, 5.41) is 3.23. The van der Waals surface area contributed by atoms with Gasteiger partial charge in [0.1, 0.15) is 5.54 Å². The molecule has 8 nitrogen and oxygen atoms in total. The number of esters is 1. The number of aryl methyl sites for hydroxylation is 1. The Kier molecular flexibility index (Phi) is 5.74. The van der Waals surface area contributed by atoms with Gasteiger partial charge in [0.15, 0.2) is 6.61 Å². The van der Waals surface area contributed by atoms with Crippen LogP contribution in [0.3, 0.4) is 0 Å². The minimum absolute atomic E-state index is 0.133. The number of hydrogen-bond acceptors (Lipinski definition) is 5. The molecule has 0 unspecified atom stereocenters. The number of urea groups is 1. The minimum Gasteiger partial charge on any atom is -0.456 e. The first-order chi connectivity index (χ1) is 11.9. The van der Waals surface area contributed by atoms with Crippen molar-refractivity contribution in [2.45, 2.75) is 38.6 Å². The second-order valence-electron chi connectivity index (χ2n) is 5.94. The number of hydrogen-bond donors (Lipinski definition) is 2. The Hall–Kier alpha value is -2.90. The van der Waals surface area contributed by atoms with Gasteiger partial charge in [-0.3, -0.25) is 19.8 Å². The number of carbonyl (C=O) groups excluding carboxylic acids is 4. The molecule has 0 aliphatic carbocycles. The van der Waals surface area contributed by atoms with Crippen molar-refractivity contribution in [1.82, 2.24) is 15.8 Å². The van der Waals surface area contributed by atoms with E-state index in [1.165, 1.54) is 0 Å². The van der Waals surface area contributed by atoms with Crippen molar-refractivity contribution in [2.24, 2.45) is 0 Å². The molecular weight excluding hydrogens is 326 g/mol. The van der Waals surface area contributed by atoms with Crippen LogP contribution in [0.5, 0.6) is 0 Å². The van der Waals surface area contributed by atoms with Gasteiger partial charge in [0, 0.05) is 6.42 Å². The number of carbonyl (C=O) groups is 4. The first kappa shape index (κ1) is 18.4. The van der Waals surface area contributed by atoms with Crippen LogP contribution in [-0.2, 0) is 25.5 Å². The zero-order chi connectivity index (χ0) is 18.4. The minimum atomic E-state index is -1.11. The number of imide groups is 1.